The van der Waals surface area contributed by atoms with Gasteiger partial charge in [0.1, 0.15) is 11.3 Å². The molecule has 0 unspecified atom stereocenters. The molecule has 2 amide bonds. The van der Waals surface area contributed by atoms with Gasteiger partial charge in [-0.25, -0.2) is 0 Å². The highest BCUT2D eigenvalue weighted by atomic mass is 16.5. The zero-order chi connectivity index (χ0) is 20.1. The number of nitrogens with zero attached hydrogens (tertiary/aromatic N) is 2. The first-order valence-corrected chi connectivity index (χ1v) is 10.0. The van der Waals surface area contributed by atoms with E-state index in [9.17, 15) is 9.59 Å². The summed E-state index contributed by atoms with van der Waals surface area (Å²) in [5, 5.41) is 3.09. The third-order valence-corrected chi connectivity index (χ3v) is 5.81. The number of methoxy groups -OCH3 is 1. The van der Waals surface area contributed by atoms with E-state index < -0.39 is 5.54 Å². The van der Waals surface area contributed by atoms with Crippen molar-refractivity contribution in [3.63, 3.8) is 0 Å². The molecule has 1 saturated carbocycles. The summed E-state index contributed by atoms with van der Waals surface area (Å²) in [7, 11) is 4.93. The summed E-state index contributed by atoms with van der Waals surface area (Å²) in [6, 6.07) is 5.22. The van der Waals surface area contributed by atoms with Crippen LogP contribution in [0.2, 0.25) is 0 Å². The first-order chi connectivity index (χ1) is 13.5. The van der Waals surface area contributed by atoms with Crippen molar-refractivity contribution < 1.29 is 19.1 Å². The quantitative estimate of drug-likeness (QED) is 0.837. The molecule has 1 aliphatic carbocycles. The first kappa shape index (κ1) is 20.6. The highest BCUT2D eigenvalue weighted by Crippen LogP contribution is 2.36. The molecule has 1 aliphatic heterocycles. The van der Waals surface area contributed by atoms with E-state index in [1.54, 1.807) is 32.3 Å². The SMILES string of the molecule is COc1ccc(NC(=O)C2(N3CCOCC3)CCCCC2)cc1C(=O)N(C)C. The van der Waals surface area contributed by atoms with Crippen LogP contribution in [0.15, 0.2) is 18.2 Å². The summed E-state index contributed by atoms with van der Waals surface area (Å²) in [5.74, 6) is 0.355. The minimum absolute atomic E-state index is 0.0162. The normalized spacial score (nSPS) is 19.7. The minimum atomic E-state index is -0.492. The lowest BCUT2D eigenvalue weighted by Crippen LogP contribution is -2.60. The van der Waals surface area contributed by atoms with E-state index in [2.05, 4.69) is 10.2 Å². The fourth-order valence-electron chi connectivity index (χ4n) is 4.26. The van der Waals surface area contributed by atoms with Crippen LogP contribution in [0, 0.1) is 0 Å². The molecule has 0 bridgehead atoms. The molecule has 2 aliphatic rings. The number of carbonyl (C=O) groups is 2. The van der Waals surface area contributed by atoms with Gasteiger partial charge in [-0.05, 0) is 31.0 Å². The molecular weight excluding hydrogens is 358 g/mol. The van der Waals surface area contributed by atoms with E-state index in [1.165, 1.54) is 18.4 Å². The molecule has 0 aromatic heterocycles. The summed E-state index contributed by atoms with van der Waals surface area (Å²) in [4.78, 5) is 29.7. The molecule has 1 aromatic rings. The third kappa shape index (κ3) is 4.15. The van der Waals surface area contributed by atoms with Crippen molar-refractivity contribution in [2.45, 2.75) is 37.6 Å². The van der Waals surface area contributed by atoms with Crippen molar-refractivity contribution >= 4 is 17.5 Å². The molecule has 0 atom stereocenters. The Hall–Kier alpha value is -2.12. The minimum Gasteiger partial charge on any atom is -0.496 e. The van der Waals surface area contributed by atoms with Crippen molar-refractivity contribution in [1.29, 1.82) is 0 Å². The maximum absolute atomic E-state index is 13.4. The summed E-state index contributed by atoms with van der Waals surface area (Å²) in [6.07, 6.45) is 5.00. The van der Waals surface area contributed by atoms with Crippen LogP contribution in [0.4, 0.5) is 5.69 Å². The highest BCUT2D eigenvalue weighted by molar-refractivity contribution is 6.01. The fourth-order valence-corrected chi connectivity index (χ4v) is 4.26. The number of hydrogen-bond acceptors (Lipinski definition) is 5. The van der Waals surface area contributed by atoms with Crippen molar-refractivity contribution in [2.24, 2.45) is 0 Å². The summed E-state index contributed by atoms with van der Waals surface area (Å²) in [6.45, 7) is 2.89. The fraction of sp³-hybridized carbons (Fsp3) is 0.619. The van der Waals surface area contributed by atoms with Gasteiger partial charge in [-0.1, -0.05) is 19.3 Å². The second kappa shape index (κ2) is 8.92. The van der Waals surface area contributed by atoms with Crippen LogP contribution in [-0.4, -0.2) is 74.7 Å². The molecule has 3 rings (SSSR count). The number of anilines is 1. The lowest BCUT2D eigenvalue weighted by Gasteiger charge is -2.46. The zero-order valence-corrected chi connectivity index (χ0v) is 17.1. The molecule has 7 heteroatoms. The molecule has 0 spiro atoms. The predicted molar refractivity (Wildman–Crippen MR) is 108 cm³/mol. The molecule has 2 fully saturated rings. The maximum atomic E-state index is 13.4. The number of hydrogen-bond donors (Lipinski definition) is 1. The Labute approximate surface area is 167 Å². The highest BCUT2D eigenvalue weighted by Gasteiger charge is 2.45. The summed E-state index contributed by atoms with van der Waals surface area (Å²) >= 11 is 0. The molecular formula is C21H31N3O4. The van der Waals surface area contributed by atoms with Gasteiger partial charge in [-0.2, -0.15) is 0 Å². The van der Waals surface area contributed by atoms with Crippen LogP contribution in [-0.2, 0) is 9.53 Å². The number of nitrogens with one attached hydrogen (secondary N) is 1. The third-order valence-electron chi connectivity index (χ3n) is 5.81. The van der Waals surface area contributed by atoms with E-state index in [1.807, 2.05) is 0 Å². The lowest BCUT2D eigenvalue weighted by atomic mass is 9.79. The Morgan fingerprint density at radius 3 is 2.43 bits per heavy atom. The van der Waals surface area contributed by atoms with Gasteiger partial charge in [0.05, 0.1) is 25.9 Å². The summed E-state index contributed by atoms with van der Waals surface area (Å²) < 4.78 is 10.8. The van der Waals surface area contributed by atoms with Gasteiger partial charge in [0.25, 0.3) is 5.91 Å². The molecule has 154 valence electrons. The van der Waals surface area contributed by atoms with Crippen molar-refractivity contribution in [3.8, 4) is 5.75 Å². The first-order valence-electron chi connectivity index (χ1n) is 10.0. The van der Waals surface area contributed by atoms with Crippen molar-refractivity contribution in [1.82, 2.24) is 9.80 Å². The monoisotopic (exact) mass is 389 g/mol. The number of rotatable bonds is 5. The lowest BCUT2D eigenvalue weighted by molar-refractivity contribution is -0.134. The van der Waals surface area contributed by atoms with Gasteiger partial charge in [0.15, 0.2) is 0 Å². The maximum Gasteiger partial charge on any atom is 0.257 e. The number of benzene rings is 1. The Balaban J connectivity index is 1.85. The van der Waals surface area contributed by atoms with E-state index in [4.69, 9.17) is 9.47 Å². The molecule has 1 saturated heterocycles. The molecule has 7 nitrogen and oxygen atoms in total. The summed E-state index contributed by atoms with van der Waals surface area (Å²) in [5.41, 5.74) is 0.566. The van der Waals surface area contributed by atoms with Crippen LogP contribution in [0.5, 0.6) is 5.75 Å². The van der Waals surface area contributed by atoms with E-state index in [0.29, 0.717) is 30.2 Å². The second-order valence-electron chi connectivity index (χ2n) is 7.76. The van der Waals surface area contributed by atoms with Gasteiger partial charge < -0.3 is 19.7 Å². The Bertz CT molecular complexity index is 708. The van der Waals surface area contributed by atoms with Gasteiger partial charge >= 0.3 is 0 Å². The largest absolute Gasteiger partial charge is 0.496 e. The van der Waals surface area contributed by atoms with E-state index in [0.717, 1.165) is 38.8 Å². The Kier molecular flexibility index (Phi) is 6.57. The van der Waals surface area contributed by atoms with Gasteiger partial charge in [0.2, 0.25) is 5.91 Å². The Morgan fingerprint density at radius 1 is 1.14 bits per heavy atom. The van der Waals surface area contributed by atoms with Crippen LogP contribution in [0.25, 0.3) is 0 Å². The molecule has 0 radical (unpaired) electrons. The van der Waals surface area contributed by atoms with Crippen molar-refractivity contribution in [2.75, 3.05) is 52.8 Å². The molecule has 1 heterocycles. The number of ether oxygens (including phenoxy) is 2. The van der Waals surface area contributed by atoms with Gasteiger partial charge in [-0.15, -0.1) is 0 Å². The molecule has 1 aromatic carbocycles. The van der Waals surface area contributed by atoms with Crippen LogP contribution >= 0.6 is 0 Å². The number of morpholine rings is 1. The van der Waals surface area contributed by atoms with Gasteiger partial charge in [0, 0.05) is 32.9 Å². The molecule has 28 heavy (non-hydrogen) atoms. The smallest absolute Gasteiger partial charge is 0.257 e. The van der Waals surface area contributed by atoms with Crippen molar-refractivity contribution in [3.05, 3.63) is 23.8 Å². The van der Waals surface area contributed by atoms with Crippen LogP contribution in [0.3, 0.4) is 0 Å². The number of amides is 2. The van der Waals surface area contributed by atoms with Crippen LogP contribution < -0.4 is 10.1 Å². The average molecular weight is 389 g/mol. The Morgan fingerprint density at radius 2 is 1.82 bits per heavy atom. The van der Waals surface area contributed by atoms with E-state index in [-0.39, 0.29) is 11.8 Å². The van der Waals surface area contributed by atoms with Crippen LogP contribution in [0.1, 0.15) is 42.5 Å². The average Bonchev–Trinajstić information content (AvgIpc) is 2.74. The standard InChI is InChI=1S/C21H31N3O4/c1-23(2)19(25)17-15-16(7-8-18(17)27-3)22-20(26)21(9-5-4-6-10-21)24-11-13-28-14-12-24/h7-8,15H,4-6,9-14H2,1-3H3,(H,22,26). The molecule has 1 N–H and O–H groups in total. The zero-order valence-electron chi connectivity index (χ0n) is 17.1. The second-order valence-corrected chi connectivity index (χ2v) is 7.76. The van der Waals surface area contributed by atoms with Gasteiger partial charge in [-0.3, -0.25) is 14.5 Å². The number of carbonyl (C=O) groups excluding carboxylic acids is 2. The topological polar surface area (TPSA) is 71.1 Å². The van der Waals surface area contributed by atoms with E-state index >= 15 is 0 Å². The predicted octanol–water partition coefficient (Wildman–Crippen LogP) is 2.37.